The largest absolute Gasteiger partial charge is 0.472 e. The van der Waals surface area contributed by atoms with Gasteiger partial charge in [-0.2, -0.15) is 0 Å². The molecule has 124 valence electrons. The first-order chi connectivity index (χ1) is 11.5. The van der Waals surface area contributed by atoms with Crippen molar-refractivity contribution in [3.63, 3.8) is 0 Å². The summed E-state index contributed by atoms with van der Waals surface area (Å²) in [6.07, 6.45) is 2.24. The summed E-state index contributed by atoms with van der Waals surface area (Å²) in [6.45, 7) is 2.65. The molecule has 1 saturated heterocycles. The first-order valence-corrected chi connectivity index (χ1v) is 7.66. The number of amides is 1. The summed E-state index contributed by atoms with van der Waals surface area (Å²) >= 11 is 0. The van der Waals surface area contributed by atoms with Crippen molar-refractivity contribution in [3.8, 4) is 5.88 Å². The molecule has 1 atom stereocenters. The van der Waals surface area contributed by atoms with Gasteiger partial charge in [-0.25, -0.2) is 4.98 Å². The zero-order chi connectivity index (χ0) is 17.1. The molecule has 1 unspecified atom stereocenters. The van der Waals surface area contributed by atoms with E-state index >= 15 is 0 Å². The lowest BCUT2D eigenvalue weighted by Crippen LogP contribution is -2.31. The summed E-state index contributed by atoms with van der Waals surface area (Å²) in [5, 5.41) is 11.0. The topological polar surface area (TPSA) is 85.6 Å². The van der Waals surface area contributed by atoms with Crippen molar-refractivity contribution in [3.05, 3.63) is 63.8 Å². The maximum Gasteiger partial charge on any atom is 0.273 e. The molecule has 0 saturated carbocycles. The zero-order valence-corrected chi connectivity index (χ0v) is 13.2. The Morgan fingerprint density at radius 1 is 1.38 bits per heavy atom. The highest BCUT2D eigenvalue weighted by atomic mass is 16.6. The maximum absolute atomic E-state index is 12.6. The fourth-order valence-corrected chi connectivity index (χ4v) is 2.72. The molecule has 0 spiro atoms. The summed E-state index contributed by atoms with van der Waals surface area (Å²) in [5.41, 5.74) is 0.821. The predicted molar refractivity (Wildman–Crippen MR) is 87.0 cm³/mol. The lowest BCUT2D eigenvalue weighted by Gasteiger charge is -2.17. The van der Waals surface area contributed by atoms with Crippen LogP contribution in [0.5, 0.6) is 5.88 Å². The van der Waals surface area contributed by atoms with Gasteiger partial charge >= 0.3 is 0 Å². The average Bonchev–Trinajstić information content (AvgIpc) is 3.04. The van der Waals surface area contributed by atoms with Gasteiger partial charge in [-0.1, -0.05) is 12.1 Å². The molecule has 1 aliphatic rings. The van der Waals surface area contributed by atoms with Crippen molar-refractivity contribution in [2.45, 2.75) is 19.4 Å². The molecular formula is C17H17N3O4. The average molecular weight is 327 g/mol. The zero-order valence-electron chi connectivity index (χ0n) is 13.2. The molecule has 7 nitrogen and oxygen atoms in total. The molecule has 2 heterocycles. The number of nitro benzene ring substituents is 1. The highest BCUT2D eigenvalue weighted by Gasteiger charge is 2.29. The van der Waals surface area contributed by atoms with E-state index < -0.39 is 4.92 Å². The molecule has 7 heteroatoms. The van der Waals surface area contributed by atoms with Gasteiger partial charge in [0, 0.05) is 42.4 Å². The molecule has 24 heavy (non-hydrogen) atoms. The molecule has 1 aliphatic heterocycles. The van der Waals surface area contributed by atoms with Gasteiger partial charge in [-0.3, -0.25) is 14.9 Å². The van der Waals surface area contributed by atoms with Gasteiger partial charge < -0.3 is 9.64 Å². The number of rotatable bonds is 4. The molecule has 0 N–H and O–H groups in total. The lowest BCUT2D eigenvalue weighted by molar-refractivity contribution is -0.385. The van der Waals surface area contributed by atoms with Crippen molar-refractivity contribution >= 4 is 11.6 Å². The van der Waals surface area contributed by atoms with Gasteiger partial charge in [0.1, 0.15) is 6.10 Å². The molecule has 0 radical (unpaired) electrons. The number of hydrogen-bond donors (Lipinski definition) is 0. The first kappa shape index (κ1) is 15.9. The Hall–Kier alpha value is -2.96. The van der Waals surface area contributed by atoms with Crippen LogP contribution in [0.25, 0.3) is 0 Å². The van der Waals surface area contributed by atoms with E-state index in [9.17, 15) is 14.9 Å². The number of benzene rings is 1. The van der Waals surface area contributed by atoms with Crippen LogP contribution < -0.4 is 4.74 Å². The Morgan fingerprint density at radius 2 is 2.21 bits per heavy atom. The molecule has 1 fully saturated rings. The second-order valence-electron chi connectivity index (χ2n) is 5.71. The molecule has 1 amide bonds. The lowest BCUT2D eigenvalue weighted by atomic mass is 10.1. The minimum atomic E-state index is -0.469. The highest BCUT2D eigenvalue weighted by Crippen LogP contribution is 2.22. The number of hydrogen-bond acceptors (Lipinski definition) is 5. The first-order valence-electron chi connectivity index (χ1n) is 7.66. The molecule has 0 bridgehead atoms. The van der Waals surface area contributed by atoms with Crippen molar-refractivity contribution in [1.29, 1.82) is 0 Å². The van der Waals surface area contributed by atoms with Gasteiger partial charge in [-0.15, -0.1) is 0 Å². The van der Waals surface area contributed by atoms with E-state index in [0.29, 0.717) is 36.5 Å². The van der Waals surface area contributed by atoms with Crippen LogP contribution in [0.1, 0.15) is 22.3 Å². The van der Waals surface area contributed by atoms with Crippen molar-refractivity contribution < 1.29 is 14.5 Å². The number of carbonyl (C=O) groups is 1. The SMILES string of the molecule is Cc1ccc(C(=O)N2CCC(Oc3ccccn3)C2)cc1[N+](=O)[O-]. The highest BCUT2D eigenvalue weighted by molar-refractivity contribution is 5.95. The van der Waals surface area contributed by atoms with Gasteiger partial charge in [0.15, 0.2) is 0 Å². The standard InChI is InChI=1S/C17H17N3O4/c1-12-5-6-13(10-15(12)20(22)23)17(21)19-9-7-14(11-19)24-16-4-2-3-8-18-16/h2-6,8,10,14H,7,9,11H2,1H3. The Bertz CT molecular complexity index is 764. The second kappa shape index (κ2) is 6.66. The van der Waals surface area contributed by atoms with Gasteiger partial charge in [0.2, 0.25) is 5.88 Å². The van der Waals surface area contributed by atoms with Crippen LogP contribution in [0.4, 0.5) is 5.69 Å². The van der Waals surface area contributed by atoms with E-state index in [4.69, 9.17) is 4.74 Å². The minimum Gasteiger partial charge on any atom is -0.472 e. The number of aryl methyl sites for hydroxylation is 1. The number of aromatic nitrogens is 1. The Balaban J connectivity index is 1.68. The number of carbonyl (C=O) groups excluding carboxylic acids is 1. The normalized spacial score (nSPS) is 16.9. The molecule has 0 aliphatic carbocycles. The molecule has 1 aromatic carbocycles. The number of likely N-dealkylation sites (tertiary alicyclic amines) is 1. The number of pyridine rings is 1. The van der Waals surface area contributed by atoms with Crippen LogP contribution >= 0.6 is 0 Å². The van der Waals surface area contributed by atoms with Crippen molar-refractivity contribution in [1.82, 2.24) is 9.88 Å². The number of nitro groups is 1. The summed E-state index contributed by atoms with van der Waals surface area (Å²) in [5.74, 6) is 0.313. The Labute approximate surface area is 139 Å². The third kappa shape index (κ3) is 3.34. The second-order valence-corrected chi connectivity index (χ2v) is 5.71. The van der Waals surface area contributed by atoms with E-state index in [1.165, 1.54) is 6.07 Å². The van der Waals surface area contributed by atoms with Crippen molar-refractivity contribution in [2.75, 3.05) is 13.1 Å². The Morgan fingerprint density at radius 3 is 2.92 bits per heavy atom. The summed E-state index contributed by atoms with van der Waals surface area (Å²) < 4.78 is 5.76. The third-order valence-corrected chi connectivity index (χ3v) is 4.01. The predicted octanol–water partition coefficient (Wildman–Crippen LogP) is 2.59. The minimum absolute atomic E-state index is 0.0404. The van der Waals surface area contributed by atoms with Crippen molar-refractivity contribution in [2.24, 2.45) is 0 Å². The van der Waals surface area contributed by atoms with Crippen LogP contribution in [-0.2, 0) is 0 Å². The molecule has 2 aromatic rings. The quantitative estimate of drug-likeness (QED) is 0.636. The van der Waals surface area contributed by atoms with E-state index in [-0.39, 0.29) is 17.7 Å². The van der Waals surface area contributed by atoms with E-state index in [2.05, 4.69) is 4.98 Å². The molecule has 3 rings (SSSR count). The van der Waals surface area contributed by atoms with Crippen LogP contribution in [-0.4, -0.2) is 39.9 Å². The van der Waals surface area contributed by atoms with E-state index in [1.54, 1.807) is 36.2 Å². The van der Waals surface area contributed by atoms with E-state index in [0.717, 1.165) is 0 Å². The molecular weight excluding hydrogens is 310 g/mol. The van der Waals surface area contributed by atoms with Gasteiger partial charge in [0.25, 0.3) is 11.6 Å². The smallest absolute Gasteiger partial charge is 0.273 e. The number of nitrogens with zero attached hydrogens (tertiary/aromatic N) is 3. The number of ether oxygens (including phenoxy) is 1. The van der Waals surface area contributed by atoms with Gasteiger partial charge in [0.05, 0.1) is 11.5 Å². The van der Waals surface area contributed by atoms with Crippen LogP contribution in [0.15, 0.2) is 42.6 Å². The fraction of sp³-hybridized carbons (Fsp3) is 0.294. The summed E-state index contributed by atoms with van der Waals surface area (Å²) in [6, 6.07) is 9.98. The van der Waals surface area contributed by atoms with Crippen LogP contribution in [0.3, 0.4) is 0 Å². The fourth-order valence-electron chi connectivity index (χ4n) is 2.72. The summed E-state index contributed by atoms with van der Waals surface area (Å²) in [4.78, 5) is 28.9. The Kier molecular flexibility index (Phi) is 4.41. The molecule has 1 aromatic heterocycles. The summed E-state index contributed by atoms with van der Waals surface area (Å²) in [7, 11) is 0. The third-order valence-electron chi connectivity index (χ3n) is 4.01. The van der Waals surface area contributed by atoms with Gasteiger partial charge in [-0.05, 0) is 19.1 Å². The maximum atomic E-state index is 12.6. The van der Waals surface area contributed by atoms with Crippen LogP contribution in [0.2, 0.25) is 0 Å². The van der Waals surface area contributed by atoms with Crippen LogP contribution in [0, 0.1) is 17.0 Å². The van der Waals surface area contributed by atoms with E-state index in [1.807, 2.05) is 12.1 Å². The monoisotopic (exact) mass is 327 g/mol.